The molecule has 0 aliphatic carbocycles. The molecule has 0 aromatic heterocycles. The molecule has 28 heavy (non-hydrogen) atoms. The molecule has 0 saturated carbocycles. The Balaban J connectivity index is 1.84. The first kappa shape index (κ1) is 22.0. The Morgan fingerprint density at radius 3 is 2.25 bits per heavy atom. The number of benzene rings is 2. The lowest BCUT2D eigenvalue weighted by atomic mass is 10.1. The number of aryl methyl sites for hydroxylation is 2. The van der Waals surface area contributed by atoms with Crippen molar-refractivity contribution in [1.82, 2.24) is 5.32 Å². The summed E-state index contributed by atoms with van der Waals surface area (Å²) in [5.41, 5.74) is 4.00. The smallest absolute Gasteiger partial charge is 0.278 e. The third kappa shape index (κ3) is 6.11. The van der Waals surface area contributed by atoms with Crippen molar-refractivity contribution in [2.45, 2.75) is 38.3 Å². The van der Waals surface area contributed by atoms with Crippen LogP contribution in [0.5, 0.6) is 0 Å². The van der Waals surface area contributed by atoms with Gasteiger partial charge in [-0.2, -0.15) is 0 Å². The predicted octanol–water partition coefficient (Wildman–Crippen LogP) is 2.18. The lowest BCUT2D eigenvalue weighted by Gasteiger charge is -2.21. The molecule has 0 spiro atoms. The van der Waals surface area contributed by atoms with Crippen LogP contribution in [0, 0.1) is 13.8 Å². The molecule has 1 unspecified atom stereocenters. The van der Waals surface area contributed by atoms with Crippen molar-refractivity contribution in [3.05, 3.63) is 59.2 Å². The van der Waals surface area contributed by atoms with Crippen molar-refractivity contribution < 1.29 is 14.5 Å². The van der Waals surface area contributed by atoms with Crippen molar-refractivity contribution in [2.75, 3.05) is 25.2 Å². The molecule has 0 fully saturated rings. The van der Waals surface area contributed by atoms with Crippen molar-refractivity contribution >= 4 is 29.3 Å². The largest absolute Gasteiger partial charge is 0.342 e. The van der Waals surface area contributed by atoms with Gasteiger partial charge >= 0.3 is 0 Å². The van der Waals surface area contributed by atoms with E-state index in [-0.39, 0.29) is 24.4 Å². The van der Waals surface area contributed by atoms with Crippen LogP contribution in [0.4, 0.5) is 5.69 Å². The lowest BCUT2D eigenvalue weighted by Crippen LogP contribution is -3.12. The summed E-state index contributed by atoms with van der Waals surface area (Å²) in [6.07, 6.45) is 2.05. The Kier molecular flexibility index (Phi) is 8.08. The number of rotatable bonds is 8. The maximum atomic E-state index is 12.5. The molecular formula is C22H30N3O2S+. The van der Waals surface area contributed by atoms with Crippen molar-refractivity contribution in [2.24, 2.45) is 0 Å². The molecule has 2 rings (SSSR count). The third-order valence-corrected chi connectivity index (χ3v) is 5.69. The Bertz CT molecular complexity index is 801. The number of nitrogens with one attached hydrogen (secondary N) is 3. The fourth-order valence-corrected chi connectivity index (χ4v) is 3.37. The molecule has 6 heteroatoms. The monoisotopic (exact) mass is 400 g/mol. The van der Waals surface area contributed by atoms with Crippen molar-refractivity contribution in [3.63, 3.8) is 0 Å². The zero-order valence-electron chi connectivity index (χ0n) is 17.3. The molecule has 5 nitrogen and oxygen atoms in total. The summed E-state index contributed by atoms with van der Waals surface area (Å²) in [5.74, 6) is -0.349. The van der Waals surface area contributed by atoms with E-state index in [0.717, 1.165) is 28.3 Å². The van der Waals surface area contributed by atoms with Gasteiger partial charge in [-0.1, -0.05) is 30.3 Å². The van der Waals surface area contributed by atoms with Gasteiger partial charge in [0.1, 0.15) is 6.54 Å². The van der Waals surface area contributed by atoms with E-state index in [0.29, 0.717) is 0 Å². The molecule has 2 atom stereocenters. The highest BCUT2D eigenvalue weighted by Gasteiger charge is 2.22. The Hall–Kier alpha value is -2.31. The average Bonchev–Trinajstić information content (AvgIpc) is 2.69. The molecule has 150 valence electrons. The van der Waals surface area contributed by atoms with Crippen LogP contribution < -0.4 is 15.5 Å². The van der Waals surface area contributed by atoms with Crippen LogP contribution in [0.1, 0.15) is 23.6 Å². The van der Waals surface area contributed by atoms with E-state index in [1.807, 2.05) is 46.0 Å². The summed E-state index contributed by atoms with van der Waals surface area (Å²) in [7, 11) is 1.99. The maximum Gasteiger partial charge on any atom is 0.278 e. The highest BCUT2D eigenvalue weighted by Crippen LogP contribution is 2.19. The van der Waals surface area contributed by atoms with E-state index in [4.69, 9.17) is 0 Å². The van der Waals surface area contributed by atoms with Gasteiger partial charge in [0.25, 0.3) is 5.91 Å². The molecule has 2 amide bonds. The molecule has 0 aliphatic heterocycles. The first-order chi connectivity index (χ1) is 13.3. The van der Waals surface area contributed by atoms with E-state index < -0.39 is 0 Å². The van der Waals surface area contributed by atoms with Crippen LogP contribution in [0.25, 0.3) is 0 Å². The summed E-state index contributed by atoms with van der Waals surface area (Å²) in [5, 5.41) is 5.64. The molecular weight excluding hydrogens is 370 g/mol. The zero-order chi connectivity index (χ0) is 20.7. The molecule has 2 aromatic rings. The van der Waals surface area contributed by atoms with E-state index in [1.165, 1.54) is 10.5 Å². The highest BCUT2D eigenvalue weighted by atomic mass is 32.2. The Morgan fingerprint density at radius 1 is 1.07 bits per heavy atom. The number of thioether (sulfide) groups is 1. The van der Waals surface area contributed by atoms with Crippen molar-refractivity contribution in [1.29, 1.82) is 0 Å². The number of likely N-dealkylation sites (N-methyl/N-ethyl adjacent to an activating group) is 1. The van der Waals surface area contributed by atoms with E-state index in [2.05, 4.69) is 41.2 Å². The minimum atomic E-state index is -0.256. The number of para-hydroxylation sites is 1. The van der Waals surface area contributed by atoms with Crippen LogP contribution in [0.15, 0.2) is 47.4 Å². The second-order valence-corrected chi connectivity index (χ2v) is 8.01. The fourth-order valence-electron chi connectivity index (χ4n) is 2.96. The first-order valence-electron chi connectivity index (χ1n) is 9.40. The van der Waals surface area contributed by atoms with E-state index in [9.17, 15) is 9.59 Å². The standard InChI is InChI=1S/C22H29N3O2S/c1-15-7-6-8-16(2)21(15)24-20(26)13-23-22(27)17(3)25(4)14-18-9-11-19(28-5)12-10-18/h6-12,17H,13-14H2,1-5H3,(H,23,27)(H,24,26)/p+1/t17-/m0/s1. The van der Waals surface area contributed by atoms with Crippen molar-refractivity contribution in [3.8, 4) is 0 Å². The fraction of sp³-hybridized carbons (Fsp3) is 0.364. The minimum Gasteiger partial charge on any atom is -0.342 e. The van der Waals surface area contributed by atoms with Gasteiger partial charge in [-0.05, 0) is 50.3 Å². The van der Waals surface area contributed by atoms with Crippen LogP contribution in [0.2, 0.25) is 0 Å². The third-order valence-electron chi connectivity index (χ3n) is 4.94. The Labute approximate surface area is 171 Å². The molecule has 0 radical (unpaired) electrons. The first-order valence-corrected chi connectivity index (χ1v) is 10.6. The van der Waals surface area contributed by atoms with Gasteiger partial charge < -0.3 is 15.5 Å². The molecule has 0 aliphatic rings. The molecule has 3 N–H and O–H groups in total. The van der Waals surface area contributed by atoms with Gasteiger partial charge in [-0.3, -0.25) is 9.59 Å². The number of amides is 2. The maximum absolute atomic E-state index is 12.5. The van der Waals surface area contributed by atoms with Gasteiger partial charge in [0.05, 0.1) is 13.6 Å². The summed E-state index contributed by atoms with van der Waals surface area (Å²) in [6.45, 7) is 6.50. The molecule has 0 heterocycles. The quantitative estimate of drug-likeness (QED) is 0.595. The summed E-state index contributed by atoms with van der Waals surface area (Å²) < 4.78 is 0. The highest BCUT2D eigenvalue weighted by molar-refractivity contribution is 7.98. The number of carbonyl (C=O) groups excluding carboxylic acids is 2. The van der Waals surface area contributed by atoms with Gasteiger partial charge in [-0.15, -0.1) is 11.8 Å². The summed E-state index contributed by atoms with van der Waals surface area (Å²) in [6, 6.07) is 14.0. The van der Waals surface area contributed by atoms with Gasteiger partial charge in [0.2, 0.25) is 5.91 Å². The second kappa shape index (κ2) is 10.3. The van der Waals surface area contributed by atoms with Crippen LogP contribution >= 0.6 is 11.8 Å². The van der Waals surface area contributed by atoms with Gasteiger partial charge in [-0.25, -0.2) is 0 Å². The van der Waals surface area contributed by atoms with E-state index >= 15 is 0 Å². The predicted molar refractivity (Wildman–Crippen MR) is 116 cm³/mol. The van der Waals surface area contributed by atoms with Gasteiger partial charge in [0.15, 0.2) is 6.04 Å². The SMILES string of the molecule is CSc1ccc(C[NH+](C)[C@@H](C)C(=O)NCC(=O)Nc2c(C)cccc2C)cc1. The molecule has 0 bridgehead atoms. The average molecular weight is 401 g/mol. The number of hydrogen-bond donors (Lipinski definition) is 3. The van der Waals surface area contributed by atoms with E-state index in [1.54, 1.807) is 11.8 Å². The molecule has 2 aromatic carbocycles. The number of carbonyl (C=O) groups is 2. The topological polar surface area (TPSA) is 62.6 Å². The van der Waals surface area contributed by atoms with Crippen LogP contribution in [-0.4, -0.2) is 37.7 Å². The number of quaternary nitrogens is 1. The minimum absolute atomic E-state index is 0.0351. The summed E-state index contributed by atoms with van der Waals surface area (Å²) >= 11 is 1.71. The number of hydrogen-bond acceptors (Lipinski definition) is 3. The summed E-state index contributed by atoms with van der Waals surface area (Å²) in [4.78, 5) is 27.0. The van der Waals surface area contributed by atoms with Gasteiger partial charge in [0, 0.05) is 16.1 Å². The second-order valence-electron chi connectivity index (χ2n) is 7.13. The molecule has 0 saturated heterocycles. The van der Waals surface area contributed by atoms with Crippen LogP contribution in [0.3, 0.4) is 0 Å². The number of anilines is 1. The lowest BCUT2D eigenvalue weighted by molar-refractivity contribution is -0.908. The zero-order valence-corrected chi connectivity index (χ0v) is 18.1. The normalized spacial score (nSPS) is 12.9. The van der Waals surface area contributed by atoms with Crippen LogP contribution in [-0.2, 0) is 16.1 Å². The Morgan fingerprint density at radius 2 is 1.68 bits per heavy atom.